The van der Waals surface area contributed by atoms with Gasteiger partial charge in [-0.05, 0) is 65.0 Å². The van der Waals surface area contributed by atoms with Crippen LogP contribution in [0.15, 0.2) is 24.4 Å². The second kappa shape index (κ2) is 9.93. The SMILES string of the molecule is CC(C)NC(=O)COc1ccc(-c2nc3c(NC4CCN(C)CC4)c(Cl)cnc3[nH]2)cc1F. The van der Waals surface area contributed by atoms with Gasteiger partial charge in [0.2, 0.25) is 0 Å². The lowest BCUT2D eigenvalue weighted by molar-refractivity contribution is -0.123. The van der Waals surface area contributed by atoms with E-state index < -0.39 is 5.82 Å². The molecule has 0 atom stereocenters. The van der Waals surface area contributed by atoms with Crippen molar-refractivity contribution in [3.63, 3.8) is 0 Å². The van der Waals surface area contributed by atoms with Crippen molar-refractivity contribution >= 4 is 34.4 Å². The molecule has 0 saturated carbocycles. The molecule has 1 aromatic carbocycles. The number of anilines is 1. The van der Waals surface area contributed by atoms with Gasteiger partial charge in [0, 0.05) is 17.6 Å². The molecule has 1 fully saturated rings. The van der Waals surface area contributed by atoms with Crippen LogP contribution < -0.4 is 15.4 Å². The number of fused-ring (bicyclic) bond motifs is 1. The number of benzene rings is 1. The molecule has 33 heavy (non-hydrogen) atoms. The van der Waals surface area contributed by atoms with Crippen LogP contribution in [0.4, 0.5) is 10.1 Å². The Kier molecular flexibility index (Phi) is 6.99. The van der Waals surface area contributed by atoms with Crippen molar-refractivity contribution in [3.8, 4) is 17.1 Å². The monoisotopic (exact) mass is 474 g/mol. The summed E-state index contributed by atoms with van der Waals surface area (Å²) in [4.78, 5) is 26.2. The molecule has 3 aromatic rings. The average Bonchev–Trinajstić information content (AvgIpc) is 3.20. The third-order valence-electron chi connectivity index (χ3n) is 5.55. The Morgan fingerprint density at radius 3 is 2.82 bits per heavy atom. The number of rotatable bonds is 7. The number of amides is 1. The fraction of sp³-hybridized carbons (Fsp3) is 0.435. The molecule has 1 saturated heterocycles. The van der Waals surface area contributed by atoms with E-state index in [0.717, 1.165) is 31.6 Å². The number of imidazole rings is 1. The number of ether oxygens (including phenoxy) is 1. The lowest BCUT2D eigenvalue weighted by atomic mass is 10.1. The summed E-state index contributed by atoms with van der Waals surface area (Å²) in [6, 6.07) is 4.77. The zero-order valence-corrected chi connectivity index (χ0v) is 19.7. The summed E-state index contributed by atoms with van der Waals surface area (Å²) in [6.45, 7) is 5.46. The maximum atomic E-state index is 14.6. The number of halogens is 2. The van der Waals surface area contributed by atoms with Crippen molar-refractivity contribution in [2.24, 2.45) is 0 Å². The lowest BCUT2D eigenvalue weighted by Gasteiger charge is -2.30. The van der Waals surface area contributed by atoms with Gasteiger partial charge in [-0.1, -0.05) is 11.6 Å². The number of carbonyl (C=O) groups excluding carboxylic acids is 1. The Balaban J connectivity index is 1.54. The maximum absolute atomic E-state index is 14.6. The first-order valence-electron chi connectivity index (χ1n) is 11.0. The number of nitrogens with zero attached hydrogens (tertiary/aromatic N) is 3. The molecule has 176 valence electrons. The van der Waals surface area contributed by atoms with Gasteiger partial charge < -0.3 is 25.3 Å². The number of nitrogens with one attached hydrogen (secondary N) is 3. The quantitative estimate of drug-likeness (QED) is 0.481. The van der Waals surface area contributed by atoms with E-state index in [4.69, 9.17) is 16.3 Å². The van der Waals surface area contributed by atoms with Crippen molar-refractivity contribution < 1.29 is 13.9 Å². The molecule has 1 aliphatic rings. The van der Waals surface area contributed by atoms with Crippen LogP contribution in [-0.2, 0) is 4.79 Å². The van der Waals surface area contributed by atoms with Crippen molar-refractivity contribution in [1.29, 1.82) is 0 Å². The molecule has 10 heteroatoms. The largest absolute Gasteiger partial charge is 0.481 e. The van der Waals surface area contributed by atoms with Crippen LogP contribution in [0.25, 0.3) is 22.6 Å². The molecular weight excluding hydrogens is 447 g/mol. The molecule has 0 unspecified atom stereocenters. The zero-order valence-electron chi connectivity index (χ0n) is 18.9. The van der Waals surface area contributed by atoms with Gasteiger partial charge in [-0.3, -0.25) is 4.79 Å². The minimum Gasteiger partial charge on any atom is -0.481 e. The van der Waals surface area contributed by atoms with Crippen molar-refractivity contribution in [1.82, 2.24) is 25.2 Å². The highest BCUT2D eigenvalue weighted by Gasteiger charge is 2.21. The second-order valence-electron chi connectivity index (χ2n) is 8.64. The topological polar surface area (TPSA) is 95.2 Å². The number of pyridine rings is 1. The number of hydrogen-bond donors (Lipinski definition) is 3. The average molecular weight is 475 g/mol. The summed E-state index contributed by atoms with van der Waals surface area (Å²) in [6.07, 6.45) is 3.61. The highest BCUT2D eigenvalue weighted by Crippen LogP contribution is 2.33. The number of likely N-dealkylation sites (tertiary alicyclic amines) is 1. The normalized spacial score (nSPS) is 15.2. The van der Waals surface area contributed by atoms with E-state index in [9.17, 15) is 9.18 Å². The molecular formula is C23H28ClFN6O2. The van der Waals surface area contributed by atoms with E-state index >= 15 is 0 Å². The summed E-state index contributed by atoms with van der Waals surface area (Å²) < 4.78 is 20.0. The molecule has 0 spiro atoms. The number of H-pyrrole nitrogens is 1. The minimum atomic E-state index is -0.582. The molecule has 3 N–H and O–H groups in total. The second-order valence-corrected chi connectivity index (χ2v) is 9.05. The van der Waals surface area contributed by atoms with Crippen molar-refractivity contribution in [2.45, 2.75) is 38.8 Å². The van der Waals surface area contributed by atoms with Crippen LogP contribution in [0.5, 0.6) is 5.75 Å². The Morgan fingerprint density at radius 2 is 2.12 bits per heavy atom. The molecule has 1 amide bonds. The summed E-state index contributed by atoms with van der Waals surface area (Å²) >= 11 is 6.45. The summed E-state index contributed by atoms with van der Waals surface area (Å²) in [5.41, 5.74) is 2.44. The number of aromatic nitrogens is 3. The predicted molar refractivity (Wildman–Crippen MR) is 127 cm³/mol. The molecule has 0 bridgehead atoms. The van der Waals surface area contributed by atoms with Gasteiger partial charge in [-0.15, -0.1) is 0 Å². The first kappa shape index (κ1) is 23.3. The van der Waals surface area contributed by atoms with Gasteiger partial charge in [-0.2, -0.15) is 0 Å². The third-order valence-corrected chi connectivity index (χ3v) is 5.83. The number of hydrogen-bond acceptors (Lipinski definition) is 6. The van der Waals surface area contributed by atoms with Gasteiger partial charge in [0.05, 0.1) is 16.9 Å². The standard InChI is InChI=1S/C23H28ClFN6O2/c1-13(2)27-19(32)12-33-18-5-4-14(10-17(18)25)22-29-21-20(16(24)11-26-23(21)30-22)28-15-6-8-31(3)9-7-15/h4-5,10-11,13,15H,6-9,12H2,1-3H3,(H,27,32)(H2,26,28,29,30). The molecule has 2 aromatic heterocycles. The number of carbonyl (C=O) groups is 1. The fourth-order valence-corrected chi connectivity index (χ4v) is 4.03. The Bertz CT molecular complexity index is 1140. The first-order valence-corrected chi connectivity index (χ1v) is 11.4. The van der Waals surface area contributed by atoms with E-state index in [1.54, 1.807) is 12.3 Å². The maximum Gasteiger partial charge on any atom is 0.258 e. The molecule has 3 heterocycles. The van der Waals surface area contributed by atoms with E-state index in [1.165, 1.54) is 12.1 Å². The molecule has 1 aliphatic heterocycles. The van der Waals surface area contributed by atoms with Crippen LogP contribution in [0, 0.1) is 5.82 Å². The van der Waals surface area contributed by atoms with Crippen molar-refractivity contribution in [3.05, 3.63) is 35.2 Å². The van der Waals surface area contributed by atoms with E-state index in [2.05, 4.69) is 37.5 Å². The van der Waals surface area contributed by atoms with Crippen LogP contribution in [0.1, 0.15) is 26.7 Å². The Labute approximate surface area is 196 Å². The fourth-order valence-electron chi connectivity index (χ4n) is 3.83. The predicted octanol–water partition coefficient (Wildman–Crippen LogP) is 3.83. The smallest absolute Gasteiger partial charge is 0.258 e. The zero-order chi connectivity index (χ0) is 23.5. The summed E-state index contributed by atoms with van der Waals surface area (Å²) in [5.74, 6) is -0.423. The molecule has 0 radical (unpaired) electrons. The number of piperidine rings is 1. The minimum absolute atomic E-state index is 0.000408. The van der Waals surface area contributed by atoms with Crippen LogP contribution in [0.3, 0.4) is 0 Å². The Hall–Kier alpha value is -2.91. The summed E-state index contributed by atoms with van der Waals surface area (Å²) in [7, 11) is 2.11. The number of aromatic amines is 1. The third kappa shape index (κ3) is 5.54. The van der Waals surface area contributed by atoms with E-state index in [-0.39, 0.29) is 24.3 Å². The lowest BCUT2D eigenvalue weighted by Crippen LogP contribution is -2.36. The van der Waals surface area contributed by atoms with Gasteiger partial charge in [-0.25, -0.2) is 14.4 Å². The van der Waals surface area contributed by atoms with Gasteiger partial charge in [0.15, 0.2) is 23.8 Å². The molecule has 0 aliphatic carbocycles. The first-order chi connectivity index (χ1) is 15.8. The molecule has 8 nitrogen and oxygen atoms in total. The van der Waals surface area contributed by atoms with Crippen LogP contribution in [-0.4, -0.2) is 64.6 Å². The van der Waals surface area contributed by atoms with Gasteiger partial charge in [0.1, 0.15) is 11.3 Å². The van der Waals surface area contributed by atoms with Crippen LogP contribution in [0.2, 0.25) is 5.02 Å². The van der Waals surface area contributed by atoms with Crippen LogP contribution >= 0.6 is 11.6 Å². The van der Waals surface area contributed by atoms with Gasteiger partial charge >= 0.3 is 0 Å². The highest BCUT2D eigenvalue weighted by molar-refractivity contribution is 6.34. The van der Waals surface area contributed by atoms with Gasteiger partial charge in [0.25, 0.3) is 5.91 Å². The Morgan fingerprint density at radius 1 is 1.36 bits per heavy atom. The molecule has 4 rings (SSSR count). The highest BCUT2D eigenvalue weighted by atomic mass is 35.5. The van der Waals surface area contributed by atoms with Crippen molar-refractivity contribution in [2.75, 3.05) is 32.1 Å². The summed E-state index contributed by atoms with van der Waals surface area (Å²) in [5, 5.41) is 6.72. The van der Waals surface area contributed by atoms with E-state index in [0.29, 0.717) is 33.6 Å². The van der Waals surface area contributed by atoms with E-state index in [1.807, 2.05) is 13.8 Å².